The van der Waals surface area contributed by atoms with E-state index in [0.717, 1.165) is 25.1 Å². The van der Waals surface area contributed by atoms with Gasteiger partial charge in [0, 0.05) is 37.7 Å². The fraction of sp³-hybridized carbons (Fsp3) is 0.438. The number of hydrogen-bond acceptors (Lipinski definition) is 4. The maximum atomic E-state index is 12.8. The average molecular weight is 372 g/mol. The van der Waals surface area contributed by atoms with Crippen molar-refractivity contribution >= 4 is 30.7 Å². The number of hydrogen-bond donors (Lipinski definition) is 1. The molecule has 1 saturated heterocycles. The van der Waals surface area contributed by atoms with Crippen molar-refractivity contribution < 1.29 is 4.79 Å². The van der Waals surface area contributed by atoms with Crippen LogP contribution in [-0.2, 0) is 0 Å². The van der Waals surface area contributed by atoms with E-state index in [4.69, 9.17) is 5.73 Å². The normalized spacial score (nSPS) is 20.0. The largest absolute Gasteiger partial charge is 0.333 e. The molecule has 8 heteroatoms. The lowest BCUT2D eigenvalue weighted by Gasteiger charge is -2.37. The van der Waals surface area contributed by atoms with E-state index in [1.807, 2.05) is 23.2 Å². The Bertz CT molecular complexity index is 650. The summed E-state index contributed by atoms with van der Waals surface area (Å²) in [6, 6.07) is 5.56. The smallest absolute Gasteiger partial charge is 0.272 e. The Kier molecular flexibility index (Phi) is 7.66. The van der Waals surface area contributed by atoms with Crippen LogP contribution >= 0.6 is 24.8 Å². The van der Waals surface area contributed by atoms with Crippen molar-refractivity contribution in [2.75, 3.05) is 13.1 Å². The zero-order valence-corrected chi connectivity index (χ0v) is 15.2. The molecule has 2 N–H and O–H groups in total. The SMILES string of the molecule is CC1CCN(C(=O)c2cc(-n3cccn3)ccn2)C(CN)C1.Cl.Cl. The Hall–Kier alpha value is -1.63. The van der Waals surface area contributed by atoms with Gasteiger partial charge in [-0.15, -0.1) is 24.8 Å². The maximum Gasteiger partial charge on any atom is 0.272 e. The number of amides is 1. The third-order valence-corrected chi connectivity index (χ3v) is 4.24. The monoisotopic (exact) mass is 371 g/mol. The van der Waals surface area contributed by atoms with Crippen LogP contribution in [0.5, 0.6) is 0 Å². The number of rotatable bonds is 3. The fourth-order valence-corrected chi connectivity index (χ4v) is 2.99. The van der Waals surface area contributed by atoms with Gasteiger partial charge in [0.05, 0.1) is 5.69 Å². The summed E-state index contributed by atoms with van der Waals surface area (Å²) in [6.07, 6.45) is 7.17. The number of pyridine rings is 1. The van der Waals surface area contributed by atoms with Crippen molar-refractivity contribution in [3.63, 3.8) is 0 Å². The molecule has 24 heavy (non-hydrogen) atoms. The lowest BCUT2D eigenvalue weighted by Crippen LogP contribution is -2.49. The van der Waals surface area contributed by atoms with Crippen LogP contribution in [0.3, 0.4) is 0 Å². The van der Waals surface area contributed by atoms with Crippen molar-refractivity contribution in [1.82, 2.24) is 19.7 Å². The van der Waals surface area contributed by atoms with Gasteiger partial charge in [0.2, 0.25) is 0 Å². The highest BCUT2D eigenvalue weighted by molar-refractivity contribution is 5.93. The second-order valence-electron chi connectivity index (χ2n) is 5.87. The molecule has 2 aromatic heterocycles. The predicted molar refractivity (Wildman–Crippen MR) is 98.1 cm³/mol. The third-order valence-electron chi connectivity index (χ3n) is 4.24. The molecule has 3 heterocycles. The molecule has 2 unspecified atom stereocenters. The summed E-state index contributed by atoms with van der Waals surface area (Å²) in [4.78, 5) is 18.9. The van der Waals surface area contributed by atoms with Crippen LogP contribution in [0.1, 0.15) is 30.3 Å². The van der Waals surface area contributed by atoms with Gasteiger partial charge in [0.25, 0.3) is 5.91 Å². The Morgan fingerprint density at radius 3 is 2.83 bits per heavy atom. The Morgan fingerprint density at radius 2 is 2.17 bits per heavy atom. The minimum atomic E-state index is -0.0450. The fourth-order valence-electron chi connectivity index (χ4n) is 2.99. The summed E-state index contributed by atoms with van der Waals surface area (Å²) < 4.78 is 1.72. The van der Waals surface area contributed by atoms with Gasteiger partial charge in [-0.1, -0.05) is 6.92 Å². The Balaban J connectivity index is 0.00000144. The molecule has 0 spiro atoms. The molecule has 2 aromatic rings. The van der Waals surface area contributed by atoms with Crippen molar-refractivity contribution in [1.29, 1.82) is 0 Å². The van der Waals surface area contributed by atoms with E-state index in [-0.39, 0.29) is 36.8 Å². The van der Waals surface area contributed by atoms with Gasteiger partial charge in [0.1, 0.15) is 5.69 Å². The quantitative estimate of drug-likeness (QED) is 0.897. The van der Waals surface area contributed by atoms with Gasteiger partial charge in [-0.3, -0.25) is 9.78 Å². The molecular weight excluding hydrogens is 349 g/mol. The molecule has 3 rings (SSSR count). The third kappa shape index (κ3) is 4.26. The van der Waals surface area contributed by atoms with E-state index in [1.54, 1.807) is 23.1 Å². The second kappa shape index (κ2) is 9.01. The number of carbonyl (C=O) groups is 1. The average Bonchev–Trinajstić information content (AvgIpc) is 3.08. The first-order valence-electron chi connectivity index (χ1n) is 7.66. The summed E-state index contributed by atoms with van der Waals surface area (Å²) in [5, 5.41) is 4.18. The van der Waals surface area contributed by atoms with Crippen LogP contribution < -0.4 is 5.73 Å². The number of piperidine rings is 1. The highest BCUT2D eigenvalue weighted by Gasteiger charge is 2.30. The number of carbonyl (C=O) groups excluding carboxylic acids is 1. The van der Waals surface area contributed by atoms with E-state index < -0.39 is 0 Å². The van der Waals surface area contributed by atoms with Gasteiger partial charge in [-0.05, 0) is 37.0 Å². The highest BCUT2D eigenvalue weighted by atomic mass is 35.5. The van der Waals surface area contributed by atoms with Gasteiger partial charge < -0.3 is 10.6 Å². The molecule has 0 radical (unpaired) electrons. The topological polar surface area (TPSA) is 77.0 Å². The second-order valence-corrected chi connectivity index (χ2v) is 5.87. The molecule has 0 aliphatic carbocycles. The lowest BCUT2D eigenvalue weighted by molar-refractivity contribution is 0.0567. The van der Waals surface area contributed by atoms with E-state index in [0.29, 0.717) is 18.2 Å². The summed E-state index contributed by atoms with van der Waals surface area (Å²) in [6.45, 7) is 3.45. The standard InChI is InChI=1S/C16H21N5O.2ClH/c1-12-4-8-20(14(9-12)11-17)16(22)15-10-13(3-6-18-15)21-7-2-5-19-21;;/h2-3,5-7,10,12,14H,4,8-9,11,17H2,1H3;2*1H. The first-order chi connectivity index (χ1) is 10.7. The minimum absolute atomic E-state index is 0. The van der Waals surface area contributed by atoms with Gasteiger partial charge in [-0.2, -0.15) is 5.10 Å². The van der Waals surface area contributed by atoms with Crippen LogP contribution in [0, 0.1) is 5.92 Å². The number of aromatic nitrogens is 3. The molecule has 0 saturated carbocycles. The van der Waals surface area contributed by atoms with Crippen LogP contribution in [0.2, 0.25) is 0 Å². The highest BCUT2D eigenvalue weighted by Crippen LogP contribution is 2.23. The molecule has 0 aromatic carbocycles. The van der Waals surface area contributed by atoms with Gasteiger partial charge in [0.15, 0.2) is 0 Å². The summed E-state index contributed by atoms with van der Waals surface area (Å²) >= 11 is 0. The van der Waals surface area contributed by atoms with Crippen molar-refractivity contribution in [2.24, 2.45) is 11.7 Å². The Labute approximate surface area is 154 Å². The molecule has 0 bridgehead atoms. The first-order valence-corrected chi connectivity index (χ1v) is 7.66. The molecule has 1 fully saturated rings. The number of likely N-dealkylation sites (tertiary alicyclic amines) is 1. The zero-order chi connectivity index (χ0) is 15.5. The zero-order valence-electron chi connectivity index (χ0n) is 13.5. The van der Waals surface area contributed by atoms with Crippen molar-refractivity contribution in [3.8, 4) is 5.69 Å². The number of nitrogens with two attached hydrogens (primary N) is 1. The summed E-state index contributed by atoms with van der Waals surface area (Å²) in [5.74, 6) is 0.567. The first kappa shape index (κ1) is 20.4. The van der Waals surface area contributed by atoms with Crippen LogP contribution in [0.4, 0.5) is 0 Å². The van der Waals surface area contributed by atoms with Gasteiger partial charge >= 0.3 is 0 Å². The number of nitrogens with zero attached hydrogens (tertiary/aromatic N) is 4. The molecular formula is C16H23Cl2N5O. The van der Waals surface area contributed by atoms with E-state index >= 15 is 0 Å². The van der Waals surface area contributed by atoms with E-state index in [2.05, 4.69) is 17.0 Å². The lowest BCUT2D eigenvalue weighted by atomic mass is 9.92. The maximum absolute atomic E-state index is 12.8. The minimum Gasteiger partial charge on any atom is -0.333 e. The molecule has 1 amide bonds. The van der Waals surface area contributed by atoms with Crippen LogP contribution in [-0.4, -0.2) is 44.7 Å². The van der Waals surface area contributed by atoms with E-state index in [1.165, 1.54) is 0 Å². The Morgan fingerprint density at radius 1 is 1.38 bits per heavy atom. The number of halogens is 2. The van der Waals surface area contributed by atoms with Crippen molar-refractivity contribution in [2.45, 2.75) is 25.8 Å². The summed E-state index contributed by atoms with van der Waals surface area (Å²) in [5.41, 5.74) is 7.13. The van der Waals surface area contributed by atoms with Crippen molar-refractivity contribution in [3.05, 3.63) is 42.5 Å². The summed E-state index contributed by atoms with van der Waals surface area (Å²) in [7, 11) is 0. The molecule has 6 nitrogen and oxygen atoms in total. The molecule has 132 valence electrons. The van der Waals surface area contributed by atoms with Crippen LogP contribution in [0.15, 0.2) is 36.8 Å². The van der Waals surface area contributed by atoms with E-state index in [9.17, 15) is 4.79 Å². The van der Waals surface area contributed by atoms with Crippen LogP contribution in [0.25, 0.3) is 5.69 Å². The molecule has 1 aliphatic heterocycles. The molecule has 1 aliphatic rings. The molecule has 2 atom stereocenters. The van der Waals surface area contributed by atoms with Gasteiger partial charge in [-0.25, -0.2) is 4.68 Å². The predicted octanol–water partition coefficient (Wildman–Crippen LogP) is 2.31.